The minimum absolute atomic E-state index is 0.301. The van der Waals surface area contributed by atoms with E-state index in [-0.39, 0.29) is 0 Å². The van der Waals surface area contributed by atoms with Crippen molar-refractivity contribution in [2.45, 2.75) is 6.92 Å². The van der Waals surface area contributed by atoms with Crippen LogP contribution in [0.25, 0.3) is 33.6 Å². The monoisotopic (exact) mass is 395 g/mol. The van der Waals surface area contributed by atoms with Crippen molar-refractivity contribution < 1.29 is 14.2 Å². The van der Waals surface area contributed by atoms with E-state index in [9.17, 15) is 4.79 Å². The molecule has 0 spiro atoms. The Morgan fingerprint density at radius 1 is 0.700 bits per heavy atom. The van der Waals surface area contributed by atoms with Gasteiger partial charge in [0, 0.05) is 23.3 Å². The average molecular weight is 395 g/mol. The molecule has 0 radical (unpaired) electrons. The number of carbonyl (C=O) groups excluding carboxylic acids is 1. The number of carbonyl (C=O) groups is 1. The van der Waals surface area contributed by atoms with Gasteiger partial charge in [-0.2, -0.15) is 0 Å². The normalized spacial score (nSPS) is 10.4. The predicted octanol–water partition coefficient (Wildman–Crippen LogP) is 5.68. The van der Waals surface area contributed by atoms with E-state index >= 15 is 0 Å². The fraction of sp³-hybridized carbons (Fsp3) is 0.0769. The summed E-state index contributed by atoms with van der Waals surface area (Å²) in [5, 5.41) is 0. The molecule has 0 saturated carbocycles. The largest absolute Gasteiger partial charge is 0.461 e. The van der Waals surface area contributed by atoms with Crippen molar-refractivity contribution in [3.8, 4) is 33.6 Å². The van der Waals surface area contributed by atoms with Gasteiger partial charge in [0.2, 0.25) is 11.4 Å². The molecule has 0 aliphatic rings. The first-order chi connectivity index (χ1) is 14.8. The number of nitrogens with zero attached hydrogens (tertiary/aromatic N) is 1. The highest BCUT2D eigenvalue weighted by Crippen LogP contribution is 2.28. The predicted molar refractivity (Wildman–Crippen MR) is 119 cm³/mol. The van der Waals surface area contributed by atoms with E-state index in [1.807, 2.05) is 78.9 Å². The number of ether oxygens (including phenoxy) is 1. The van der Waals surface area contributed by atoms with Crippen molar-refractivity contribution in [2.75, 3.05) is 12.0 Å². The summed E-state index contributed by atoms with van der Waals surface area (Å²) in [5.41, 5.74) is 8.79. The summed E-state index contributed by atoms with van der Waals surface area (Å²) < 4.78 is 6.97. The lowest BCUT2D eigenvalue weighted by molar-refractivity contribution is -0.619. The Labute approximate surface area is 176 Å². The fourth-order valence-corrected chi connectivity index (χ4v) is 3.41. The molecular formula is C26H23N2O2+. The summed E-state index contributed by atoms with van der Waals surface area (Å²) in [6.07, 6.45) is -0.496. The number of aromatic nitrogens is 1. The Hall–Kier alpha value is -3.92. The Bertz CT molecular complexity index is 1070. The number of benzene rings is 3. The number of amides is 1. The highest BCUT2D eigenvalue weighted by atomic mass is 16.5. The first kappa shape index (κ1) is 19.4. The lowest BCUT2D eigenvalue weighted by Gasteiger charge is -2.12. The van der Waals surface area contributed by atoms with Crippen molar-refractivity contribution in [3.63, 3.8) is 0 Å². The van der Waals surface area contributed by atoms with Crippen LogP contribution in [-0.2, 0) is 4.74 Å². The van der Waals surface area contributed by atoms with Crippen LogP contribution in [0.1, 0.15) is 6.92 Å². The Balaban J connectivity index is 1.98. The van der Waals surface area contributed by atoms with Gasteiger partial charge in [-0.15, -0.1) is 0 Å². The quantitative estimate of drug-likeness (QED) is 0.442. The third-order valence-electron chi connectivity index (χ3n) is 4.79. The van der Waals surface area contributed by atoms with Gasteiger partial charge in [-0.3, -0.25) is 0 Å². The van der Waals surface area contributed by atoms with Gasteiger partial charge in [0.25, 0.3) is 0 Å². The molecule has 1 heterocycles. The zero-order valence-corrected chi connectivity index (χ0v) is 16.8. The molecule has 0 atom stereocenters. The Morgan fingerprint density at radius 2 is 1.13 bits per heavy atom. The Morgan fingerprint density at radius 3 is 1.57 bits per heavy atom. The highest BCUT2D eigenvalue weighted by Gasteiger charge is 2.25. The van der Waals surface area contributed by atoms with E-state index in [2.05, 4.69) is 29.7 Å². The van der Waals surface area contributed by atoms with Gasteiger partial charge in [-0.25, -0.2) is 4.79 Å². The topological polar surface area (TPSA) is 42.2 Å². The van der Waals surface area contributed by atoms with Crippen LogP contribution in [0.4, 0.5) is 4.79 Å². The molecule has 0 aliphatic heterocycles. The first-order valence-corrected chi connectivity index (χ1v) is 9.96. The molecule has 1 amide bonds. The third kappa shape index (κ3) is 4.23. The molecular weight excluding hydrogens is 372 g/mol. The van der Waals surface area contributed by atoms with Crippen LogP contribution in [0.15, 0.2) is 103 Å². The lowest BCUT2D eigenvalue weighted by Crippen LogP contribution is -2.52. The Kier molecular flexibility index (Phi) is 5.85. The summed E-state index contributed by atoms with van der Waals surface area (Å²) in [6, 6.07) is 34.4. The number of hydrogen-bond donors (Lipinski definition) is 1. The molecule has 30 heavy (non-hydrogen) atoms. The second kappa shape index (κ2) is 9.05. The van der Waals surface area contributed by atoms with Crippen molar-refractivity contribution in [3.05, 3.63) is 103 Å². The maximum Gasteiger partial charge on any atom is 0.461 e. The minimum atomic E-state index is -0.496. The molecule has 148 valence electrons. The minimum Gasteiger partial charge on any atom is -0.446 e. The second-order valence-corrected chi connectivity index (χ2v) is 6.78. The average Bonchev–Trinajstić information content (AvgIpc) is 2.81. The van der Waals surface area contributed by atoms with Crippen LogP contribution in [0.5, 0.6) is 0 Å². The van der Waals surface area contributed by atoms with Crippen molar-refractivity contribution in [2.24, 2.45) is 0 Å². The molecule has 0 saturated heterocycles. The molecule has 0 fully saturated rings. The van der Waals surface area contributed by atoms with E-state index in [0.717, 1.165) is 33.6 Å². The van der Waals surface area contributed by atoms with Gasteiger partial charge in [0.1, 0.15) is 0 Å². The molecule has 4 rings (SSSR count). The molecule has 3 aromatic carbocycles. The summed E-state index contributed by atoms with van der Waals surface area (Å²) in [5.74, 6) is 0. The SMILES string of the molecule is CCOC(=O)N[n+]1c(-c2ccccc2)cc(-c2ccccc2)cc1-c1ccccc1. The van der Waals surface area contributed by atoms with E-state index in [1.165, 1.54) is 0 Å². The second-order valence-electron chi connectivity index (χ2n) is 6.78. The third-order valence-corrected chi connectivity index (χ3v) is 4.79. The molecule has 0 aliphatic carbocycles. The molecule has 4 aromatic rings. The van der Waals surface area contributed by atoms with Crippen LogP contribution in [0, 0.1) is 0 Å². The smallest absolute Gasteiger partial charge is 0.446 e. The lowest BCUT2D eigenvalue weighted by atomic mass is 10.00. The molecule has 1 aromatic heterocycles. The van der Waals surface area contributed by atoms with Crippen molar-refractivity contribution >= 4 is 6.09 Å². The van der Waals surface area contributed by atoms with Crippen LogP contribution >= 0.6 is 0 Å². The van der Waals surface area contributed by atoms with Crippen molar-refractivity contribution in [1.29, 1.82) is 0 Å². The number of hydrogen-bond acceptors (Lipinski definition) is 2. The van der Waals surface area contributed by atoms with Gasteiger partial charge in [-0.1, -0.05) is 76.8 Å². The highest BCUT2D eigenvalue weighted by molar-refractivity contribution is 5.77. The molecule has 1 N–H and O–H groups in total. The van der Waals surface area contributed by atoms with Crippen LogP contribution in [0.2, 0.25) is 0 Å². The molecule has 4 heteroatoms. The molecule has 4 nitrogen and oxygen atoms in total. The summed E-state index contributed by atoms with van der Waals surface area (Å²) in [6.45, 7) is 2.09. The summed E-state index contributed by atoms with van der Waals surface area (Å²) in [7, 11) is 0. The maximum absolute atomic E-state index is 12.4. The van der Waals surface area contributed by atoms with Gasteiger partial charge >= 0.3 is 6.09 Å². The van der Waals surface area contributed by atoms with Gasteiger partial charge in [-0.05, 0) is 42.3 Å². The van der Waals surface area contributed by atoms with Crippen molar-refractivity contribution in [1.82, 2.24) is 0 Å². The fourth-order valence-electron chi connectivity index (χ4n) is 3.41. The molecule has 0 bridgehead atoms. The van der Waals surface area contributed by atoms with Crippen LogP contribution in [0.3, 0.4) is 0 Å². The van der Waals surface area contributed by atoms with Crippen LogP contribution < -0.4 is 10.1 Å². The zero-order chi connectivity index (χ0) is 20.8. The maximum atomic E-state index is 12.4. The van der Waals surface area contributed by atoms with E-state index in [0.29, 0.717) is 6.61 Å². The number of rotatable bonds is 5. The first-order valence-electron chi connectivity index (χ1n) is 9.96. The number of nitrogens with one attached hydrogen (secondary N) is 1. The summed E-state index contributed by atoms with van der Waals surface area (Å²) in [4.78, 5) is 12.4. The van der Waals surface area contributed by atoms with E-state index in [1.54, 1.807) is 11.6 Å². The molecule has 0 unspecified atom stereocenters. The summed E-state index contributed by atoms with van der Waals surface area (Å²) >= 11 is 0. The van der Waals surface area contributed by atoms with Gasteiger partial charge in [0.15, 0.2) is 0 Å². The van der Waals surface area contributed by atoms with Crippen LogP contribution in [-0.4, -0.2) is 12.7 Å². The van der Waals surface area contributed by atoms with Gasteiger partial charge < -0.3 is 4.74 Å². The zero-order valence-electron chi connectivity index (χ0n) is 16.8. The standard InChI is InChI=1S/C26H22N2O2/c1-2-30-26(29)27-28-24(21-14-8-4-9-15-21)18-23(20-12-6-3-7-13-20)19-25(28)22-16-10-5-11-17-22/h3-19H,2H2,1H3/p+1. The van der Waals surface area contributed by atoms with E-state index < -0.39 is 6.09 Å². The van der Waals surface area contributed by atoms with E-state index in [4.69, 9.17) is 4.74 Å². The number of pyridine rings is 1. The van der Waals surface area contributed by atoms with Gasteiger partial charge in [0.05, 0.1) is 6.61 Å².